The Balaban J connectivity index is 1.57. The standard InChI is InChI=1S/C22H18FNO4/c1-15(21(25)24-20-10-6-5-9-19(20)23)27-22(26)16-11-13-18(14-12-16)28-17-7-3-2-4-8-17/h2-15H,1H3,(H,24,25)/t15-/m1/s1. The fourth-order valence-corrected chi connectivity index (χ4v) is 2.36. The van der Waals surface area contributed by atoms with Gasteiger partial charge in [-0.1, -0.05) is 30.3 Å². The van der Waals surface area contributed by atoms with Crippen molar-refractivity contribution in [3.05, 3.63) is 90.2 Å². The molecule has 3 aromatic carbocycles. The maximum atomic E-state index is 13.6. The lowest BCUT2D eigenvalue weighted by molar-refractivity contribution is -0.123. The van der Waals surface area contributed by atoms with Gasteiger partial charge in [-0.3, -0.25) is 4.79 Å². The summed E-state index contributed by atoms with van der Waals surface area (Å²) in [6, 6.07) is 21.3. The minimum atomic E-state index is -1.09. The van der Waals surface area contributed by atoms with Crippen LogP contribution in [0.2, 0.25) is 0 Å². The first kappa shape index (κ1) is 19.1. The number of ether oxygens (including phenoxy) is 2. The zero-order valence-corrected chi connectivity index (χ0v) is 15.1. The lowest BCUT2D eigenvalue weighted by Crippen LogP contribution is -2.30. The summed E-state index contributed by atoms with van der Waals surface area (Å²) >= 11 is 0. The van der Waals surface area contributed by atoms with E-state index < -0.39 is 23.8 Å². The summed E-state index contributed by atoms with van der Waals surface area (Å²) in [5, 5.41) is 2.39. The molecule has 3 aromatic rings. The minimum absolute atomic E-state index is 0.0258. The van der Waals surface area contributed by atoms with Crippen LogP contribution < -0.4 is 10.1 Å². The number of para-hydroxylation sites is 2. The largest absolute Gasteiger partial charge is 0.457 e. The normalized spacial score (nSPS) is 11.4. The molecule has 3 rings (SSSR count). The molecule has 142 valence electrons. The maximum absolute atomic E-state index is 13.6. The maximum Gasteiger partial charge on any atom is 0.338 e. The lowest BCUT2D eigenvalue weighted by Gasteiger charge is -2.14. The van der Waals surface area contributed by atoms with Crippen LogP contribution in [0.3, 0.4) is 0 Å². The number of rotatable bonds is 6. The van der Waals surface area contributed by atoms with E-state index in [1.165, 1.54) is 25.1 Å². The Kier molecular flexibility index (Phi) is 6.01. The van der Waals surface area contributed by atoms with Crippen LogP contribution in [0.4, 0.5) is 10.1 Å². The summed E-state index contributed by atoms with van der Waals surface area (Å²) in [5.41, 5.74) is 0.295. The highest BCUT2D eigenvalue weighted by molar-refractivity contribution is 5.97. The summed E-state index contributed by atoms with van der Waals surface area (Å²) in [6.45, 7) is 1.42. The molecular formula is C22H18FNO4. The van der Waals surface area contributed by atoms with E-state index in [1.807, 2.05) is 30.3 Å². The van der Waals surface area contributed by atoms with Crippen LogP contribution in [0.25, 0.3) is 0 Å². The van der Waals surface area contributed by atoms with Gasteiger partial charge in [-0.25, -0.2) is 9.18 Å². The minimum Gasteiger partial charge on any atom is -0.457 e. The van der Waals surface area contributed by atoms with Crippen LogP contribution in [0, 0.1) is 5.82 Å². The number of amides is 1. The molecule has 0 aliphatic carbocycles. The van der Waals surface area contributed by atoms with E-state index in [2.05, 4.69) is 5.32 Å². The van der Waals surface area contributed by atoms with Crippen molar-refractivity contribution in [2.45, 2.75) is 13.0 Å². The second kappa shape index (κ2) is 8.81. The zero-order chi connectivity index (χ0) is 19.9. The van der Waals surface area contributed by atoms with Gasteiger partial charge in [0.25, 0.3) is 5.91 Å². The average molecular weight is 379 g/mol. The van der Waals surface area contributed by atoms with Gasteiger partial charge in [0.05, 0.1) is 11.3 Å². The third kappa shape index (κ3) is 4.94. The predicted octanol–water partition coefficient (Wildman–Crippen LogP) is 4.80. The molecule has 0 bridgehead atoms. The monoisotopic (exact) mass is 379 g/mol. The van der Waals surface area contributed by atoms with Gasteiger partial charge < -0.3 is 14.8 Å². The van der Waals surface area contributed by atoms with Crippen molar-refractivity contribution < 1.29 is 23.5 Å². The number of carbonyl (C=O) groups is 2. The van der Waals surface area contributed by atoms with E-state index in [0.29, 0.717) is 11.5 Å². The molecule has 0 radical (unpaired) electrons. The van der Waals surface area contributed by atoms with Crippen molar-refractivity contribution in [1.82, 2.24) is 0 Å². The topological polar surface area (TPSA) is 64.6 Å². The highest BCUT2D eigenvalue weighted by Gasteiger charge is 2.20. The van der Waals surface area contributed by atoms with Crippen LogP contribution >= 0.6 is 0 Å². The molecule has 28 heavy (non-hydrogen) atoms. The van der Waals surface area contributed by atoms with E-state index in [4.69, 9.17) is 9.47 Å². The van der Waals surface area contributed by atoms with Gasteiger partial charge in [0.2, 0.25) is 0 Å². The van der Waals surface area contributed by atoms with Crippen molar-refractivity contribution in [2.75, 3.05) is 5.32 Å². The van der Waals surface area contributed by atoms with E-state index >= 15 is 0 Å². The molecule has 0 aliphatic heterocycles. The highest BCUT2D eigenvalue weighted by Crippen LogP contribution is 2.21. The molecule has 1 amide bonds. The summed E-state index contributed by atoms with van der Waals surface area (Å²) < 4.78 is 24.4. The van der Waals surface area contributed by atoms with Gasteiger partial charge in [0.1, 0.15) is 17.3 Å². The first-order chi connectivity index (χ1) is 13.5. The molecule has 6 heteroatoms. The summed E-state index contributed by atoms with van der Waals surface area (Å²) in [5.74, 6) is -0.613. The average Bonchev–Trinajstić information content (AvgIpc) is 2.71. The van der Waals surface area contributed by atoms with Gasteiger partial charge in [-0.15, -0.1) is 0 Å². The second-order valence-corrected chi connectivity index (χ2v) is 5.96. The van der Waals surface area contributed by atoms with Gasteiger partial charge >= 0.3 is 5.97 Å². The molecule has 0 aliphatic rings. The molecule has 0 heterocycles. The van der Waals surface area contributed by atoms with E-state index in [0.717, 1.165) is 0 Å². The number of nitrogens with one attached hydrogen (secondary N) is 1. The third-order valence-corrected chi connectivity index (χ3v) is 3.85. The number of hydrogen-bond donors (Lipinski definition) is 1. The van der Waals surface area contributed by atoms with Crippen molar-refractivity contribution in [3.8, 4) is 11.5 Å². The fourth-order valence-electron chi connectivity index (χ4n) is 2.36. The quantitative estimate of drug-likeness (QED) is 0.625. The van der Waals surface area contributed by atoms with E-state index in [9.17, 15) is 14.0 Å². The zero-order valence-electron chi connectivity index (χ0n) is 15.1. The fraction of sp³-hybridized carbons (Fsp3) is 0.0909. The predicted molar refractivity (Wildman–Crippen MR) is 103 cm³/mol. The summed E-state index contributed by atoms with van der Waals surface area (Å²) in [6.07, 6.45) is -1.09. The van der Waals surface area contributed by atoms with Crippen LogP contribution in [-0.2, 0) is 9.53 Å². The van der Waals surface area contributed by atoms with Crippen molar-refractivity contribution in [3.63, 3.8) is 0 Å². The number of carbonyl (C=O) groups excluding carboxylic acids is 2. The Labute approximate surface area is 161 Å². The first-order valence-electron chi connectivity index (χ1n) is 8.62. The lowest BCUT2D eigenvalue weighted by atomic mass is 10.2. The Morgan fingerprint density at radius 3 is 2.14 bits per heavy atom. The molecule has 0 fully saturated rings. The Morgan fingerprint density at radius 2 is 1.46 bits per heavy atom. The summed E-state index contributed by atoms with van der Waals surface area (Å²) in [4.78, 5) is 24.3. The molecule has 0 spiro atoms. The molecular weight excluding hydrogens is 361 g/mol. The number of benzene rings is 3. The van der Waals surface area contributed by atoms with Gasteiger partial charge in [0, 0.05) is 0 Å². The van der Waals surface area contributed by atoms with Crippen molar-refractivity contribution in [1.29, 1.82) is 0 Å². The molecule has 0 saturated carbocycles. The molecule has 1 N–H and O–H groups in total. The number of hydrogen-bond acceptors (Lipinski definition) is 4. The van der Waals surface area contributed by atoms with Crippen molar-refractivity contribution in [2.24, 2.45) is 0 Å². The summed E-state index contributed by atoms with van der Waals surface area (Å²) in [7, 11) is 0. The van der Waals surface area contributed by atoms with Crippen LogP contribution in [0.15, 0.2) is 78.9 Å². The van der Waals surface area contributed by atoms with Crippen LogP contribution in [0.5, 0.6) is 11.5 Å². The molecule has 0 unspecified atom stereocenters. The highest BCUT2D eigenvalue weighted by atomic mass is 19.1. The molecule has 1 atom stereocenters. The van der Waals surface area contributed by atoms with Gasteiger partial charge in [-0.05, 0) is 55.5 Å². The smallest absolute Gasteiger partial charge is 0.338 e. The van der Waals surface area contributed by atoms with E-state index in [1.54, 1.807) is 30.3 Å². The second-order valence-electron chi connectivity index (χ2n) is 5.96. The van der Waals surface area contributed by atoms with Crippen LogP contribution in [0.1, 0.15) is 17.3 Å². The number of halogens is 1. The van der Waals surface area contributed by atoms with Crippen LogP contribution in [-0.4, -0.2) is 18.0 Å². The van der Waals surface area contributed by atoms with Gasteiger partial charge in [0.15, 0.2) is 6.10 Å². The molecule has 0 saturated heterocycles. The SMILES string of the molecule is C[C@@H](OC(=O)c1ccc(Oc2ccccc2)cc1)C(=O)Nc1ccccc1F. The van der Waals surface area contributed by atoms with E-state index in [-0.39, 0.29) is 11.3 Å². The first-order valence-corrected chi connectivity index (χ1v) is 8.62. The molecule has 0 aromatic heterocycles. The number of esters is 1. The molecule has 5 nitrogen and oxygen atoms in total. The van der Waals surface area contributed by atoms with Crippen molar-refractivity contribution >= 4 is 17.6 Å². The third-order valence-electron chi connectivity index (χ3n) is 3.85. The Hall–Kier alpha value is -3.67. The number of anilines is 1. The van der Waals surface area contributed by atoms with Gasteiger partial charge in [-0.2, -0.15) is 0 Å². The Morgan fingerprint density at radius 1 is 0.857 bits per heavy atom. The Bertz CT molecular complexity index is 958.